The average molecular weight is 500 g/mol. The van der Waals surface area contributed by atoms with Crippen LogP contribution in [0.4, 0.5) is 5.82 Å². The normalized spacial score (nSPS) is 42.1. The van der Waals surface area contributed by atoms with Gasteiger partial charge in [0.05, 0.1) is 17.3 Å². The van der Waals surface area contributed by atoms with Gasteiger partial charge in [0.2, 0.25) is 0 Å². The number of nitrogens with zero attached hydrogens (tertiary/aromatic N) is 2. The molecule has 5 aliphatic rings. The molecular formula is C31H37N3O3. The lowest BCUT2D eigenvalue weighted by Gasteiger charge is -2.57. The summed E-state index contributed by atoms with van der Waals surface area (Å²) >= 11 is 0. The van der Waals surface area contributed by atoms with E-state index in [4.69, 9.17) is 10.5 Å². The lowest BCUT2D eigenvalue weighted by molar-refractivity contribution is -0.165. The average Bonchev–Trinajstić information content (AvgIpc) is 3.39. The minimum atomic E-state index is -0.904. The van der Waals surface area contributed by atoms with Crippen LogP contribution in [0.3, 0.4) is 0 Å². The van der Waals surface area contributed by atoms with E-state index in [-0.39, 0.29) is 17.1 Å². The summed E-state index contributed by atoms with van der Waals surface area (Å²) in [6.07, 6.45) is 10.6. The SMILES string of the molecule is CC1C=C2C=C3[C@@H](O)[C@H](O)[C@@H](N(C)C)C[C@]34CC[C@]2(O4)C2CC=C(c3ccc4c(N)nccc4c3)[C@@]12C. The molecular weight excluding hydrogens is 462 g/mol. The number of ether oxygens (including phenoxy) is 1. The lowest BCUT2D eigenvalue weighted by atomic mass is 9.54. The highest BCUT2D eigenvalue weighted by Crippen LogP contribution is 2.69. The summed E-state index contributed by atoms with van der Waals surface area (Å²) in [5.41, 5.74) is 9.88. The summed E-state index contributed by atoms with van der Waals surface area (Å²) in [6, 6.07) is 8.45. The Morgan fingerprint density at radius 1 is 1.16 bits per heavy atom. The van der Waals surface area contributed by atoms with Gasteiger partial charge in [-0.1, -0.05) is 44.2 Å². The van der Waals surface area contributed by atoms with Crippen molar-refractivity contribution in [1.29, 1.82) is 0 Å². The van der Waals surface area contributed by atoms with Crippen molar-refractivity contribution in [1.82, 2.24) is 9.88 Å². The number of fused-ring (bicyclic) bond motifs is 2. The van der Waals surface area contributed by atoms with Crippen LogP contribution in [0.25, 0.3) is 16.3 Å². The van der Waals surface area contributed by atoms with Gasteiger partial charge in [0.25, 0.3) is 0 Å². The molecule has 0 amide bonds. The molecule has 2 aromatic rings. The Labute approximate surface area is 218 Å². The Kier molecular flexibility index (Phi) is 4.81. The van der Waals surface area contributed by atoms with Crippen LogP contribution < -0.4 is 5.73 Å². The van der Waals surface area contributed by atoms with Crippen molar-refractivity contribution in [2.24, 2.45) is 17.3 Å². The predicted molar refractivity (Wildman–Crippen MR) is 146 cm³/mol. The standard InChI is InChI=1S/C31H37N3O3/c1-17-13-20-15-23-26(35)27(36)24(34(3)4)16-30(23)10-11-31(20,37-30)25-8-7-22(29(17,25)2)19-5-6-21-18(14-19)9-12-33-28(21)32/h5-7,9,12-15,17,24-27,35-36H,8,10-11,16H2,1-4H3,(H2,32,33)/t17?,24-,25?,26+,27+,29+,30+,31+/m0/s1. The zero-order chi connectivity index (χ0) is 25.9. The maximum Gasteiger partial charge on any atom is 0.131 e. The van der Waals surface area contributed by atoms with Gasteiger partial charge in [0.15, 0.2) is 0 Å². The number of anilines is 1. The molecule has 0 radical (unpaired) electrons. The second kappa shape index (κ2) is 7.54. The highest BCUT2D eigenvalue weighted by molar-refractivity contribution is 5.93. The number of nitrogens with two attached hydrogens (primary N) is 1. The van der Waals surface area contributed by atoms with Crippen LogP contribution in [0.1, 0.15) is 45.1 Å². The van der Waals surface area contributed by atoms with Crippen molar-refractivity contribution in [3.05, 3.63) is 65.4 Å². The molecule has 7 rings (SSSR count). The zero-order valence-electron chi connectivity index (χ0n) is 22.1. The molecule has 8 atom stereocenters. The van der Waals surface area contributed by atoms with Crippen LogP contribution in [0, 0.1) is 17.3 Å². The van der Waals surface area contributed by atoms with E-state index in [1.165, 1.54) is 16.7 Å². The fraction of sp³-hybridized carbons (Fsp3) is 0.516. The van der Waals surface area contributed by atoms with E-state index >= 15 is 0 Å². The number of nitrogen functional groups attached to an aromatic ring is 1. The Morgan fingerprint density at radius 2 is 1.97 bits per heavy atom. The first-order valence-electron chi connectivity index (χ1n) is 13.6. The fourth-order valence-corrected chi connectivity index (χ4v) is 8.62. The molecule has 1 aromatic carbocycles. The number of pyridine rings is 1. The second-order valence-electron chi connectivity index (χ2n) is 12.5. The third kappa shape index (κ3) is 2.87. The van der Waals surface area contributed by atoms with Gasteiger partial charge >= 0.3 is 0 Å². The van der Waals surface area contributed by atoms with Crippen LogP contribution in [-0.2, 0) is 4.74 Å². The van der Waals surface area contributed by atoms with Gasteiger partial charge in [-0.15, -0.1) is 0 Å². The first kappa shape index (κ1) is 23.6. The molecule has 37 heavy (non-hydrogen) atoms. The third-order valence-corrected chi connectivity index (χ3v) is 10.7. The van der Waals surface area contributed by atoms with Gasteiger partial charge in [-0.3, -0.25) is 0 Å². The maximum atomic E-state index is 11.2. The Morgan fingerprint density at radius 3 is 2.76 bits per heavy atom. The topological polar surface area (TPSA) is 91.8 Å². The highest BCUT2D eigenvalue weighted by atomic mass is 16.5. The van der Waals surface area contributed by atoms with Crippen molar-refractivity contribution < 1.29 is 14.9 Å². The van der Waals surface area contributed by atoms with Crippen molar-refractivity contribution in [2.75, 3.05) is 19.8 Å². The summed E-state index contributed by atoms with van der Waals surface area (Å²) in [5, 5.41) is 24.3. The maximum absolute atomic E-state index is 11.2. The van der Waals surface area contributed by atoms with Gasteiger partial charge in [-0.05, 0) is 85.5 Å². The molecule has 194 valence electrons. The number of hydrogen-bond acceptors (Lipinski definition) is 6. The molecule has 2 aliphatic heterocycles. The van der Waals surface area contributed by atoms with Crippen LogP contribution >= 0.6 is 0 Å². The van der Waals surface area contributed by atoms with Gasteiger partial charge in [0.1, 0.15) is 11.9 Å². The Balaban J connectivity index is 1.33. The number of allylic oxidation sites excluding steroid dienone is 3. The third-order valence-electron chi connectivity index (χ3n) is 10.7. The van der Waals surface area contributed by atoms with Crippen LogP contribution in [0.5, 0.6) is 0 Å². The molecule has 1 aromatic heterocycles. The molecule has 1 saturated carbocycles. The highest BCUT2D eigenvalue weighted by Gasteiger charge is 2.68. The lowest BCUT2D eigenvalue weighted by Crippen LogP contribution is -2.62. The minimum absolute atomic E-state index is 0.0830. The van der Waals surface area contributed by atoms with E-state index in [0.29, 0.717) is 24.1 Å². The molecule has 2 bridgehead atoms. The van der Waals surface area contributed by atoms with E-state index in [0.717, 1.165) is 35.6 Å². The van der Waals surface area contributed by atoms with Crippen LogP contribution in [0.15, 0.2) is 59.8 Å². The predicted octanol–water partition coefficient (Wildman–Crippen LogP) is 4.09. The van der Waals surface area contributed by atoms with E-state index < -0.39 is 17.8 Å². The molecule has 2 spiro atoms. The molecule has 2 fully saturated rings. The minimum Gasteiger partial charge on any atom is -0.388 e. The van der Waals surface area contributed by atoms with Gasteiger partial charge < -0.3 is 25.6 Å². The molecule has 1 saturated heterocycles. The number of aliphatic hydroxyl groups excluding tert-OH is 2. The van der Waals surface area contributed by atoms with Crippen molar-refractivity contribution in [3.8, 4) is 0 Å². The summed E-state index contributed by atoms with van der Waals surface area (Å²) in [4.78, 5) is 6.28. The van der Waals surface area contributed by atoms with Crippen molar-refractivity contribution in [2.45, 2.75) is 69.0 Å². The molecule has 3 aliphatic carbocycles. The number of aromatic nitrogens is 1. The van der Waals surface area contributed by atoms with E-state index in [1.807, 2.05) is 25.1 Å². The summed E-state index contributed by atoms with van der Waals surface area (Å²) < 4.78 is 7.28. The van der Waals surface area contributed by atoms with E-state index in [1.54, 1.807) is 6.20 Å². The van der Waals surface area contributed by atoms with E-state index in [2.05, 4.69) is 55.3 Å². The summed E-state index contributed by atoms with van der Waals surface area (Å²) in [7, 11) is 3.95. The quantitative estimate of drug-likeness (QED) is 0.577. The van der Waals surface area contributed by atoms with Gasteiger partial charge in [0, 0.05) is 29.0 Å². The number of likely N-dealkylation sites (N-methyl/N-ethyl adjacent to an activating group) is 1. The first-order valence-corrected chi connectivity index (χ1v) is 13.6. The molecule has 3 heterocycles. The van der Waals surface area contributed by atoms with Crippen molar-refractivity contribution >= 4 is 22.2 Å². The second-order valence-corrected chi connectivity index (χ2v) is 12.5. The molecule has 4 N–H and O–H groups in total. The first-order chi connectivity index (χ1) is 17.6. The molecule has 6 nitrogen and oxygen atoms in total. The fourth-order valence-electron chi connectivity index (χ4n) is 8.62. The molecule has 2 unspecified atom stereocenters. The number of benzene rings is 1. The summed E-state index contributed by atoms with van der Waals surface area (Å²) in [6.45, 7) is 4.74. The number of rotatable bonds is 2. The van der Waals surface area contributed by atoms with Gasteiger partial charge in [-0.25, -0.2) is 4.98 Å². The smallest absolute Gasteiger partial charge is 0.131 e. The van der Waals surface area contributed by atoms with E-state index in [9.17, 15) is 10.2 Å². The molecule has 6 heteroatoms. The largest absolute Gasteiger partial charge is 0.388 e. The Hall–Kier alpha value is -2.51. The van der Waals surface area contributed by atoms with Crippen LogP contribution in [-0.4, -0.2) is 63.6 Å². The monoisotopic (exact) mass is 499 g/mol. The zero-order valence-corrected chi connectivity index (χ0v) is 22.1. The number of hydrogen-bond donors (Lipinski definition) is 3. The number of aliphatic hydroxyl groups is 2. The summed E-state index contributed by atoms with van der Waals surface area (Å²) in [5.74, 6) is 1.16. The van der Waals surface area contributed by atoms with Crippen molar-refractivity contribution in [3.63, 3.8) is 0 Å². The Bertz CT molecular complexity index is 1410. The van der Waals surface area contributed by atoms with Crippen LogP contribution in [0.2, 0.25) is 0 Å². The van der Waals surface area contributed by atoms with Gasteiger partial charge in [-0.2, -0.15) is 0 Å².